The van der Waals surface area contributed by atoms with Crippen LogP contribution in [0.1, 0.15) is 40.8 Å². The minimum atomic E-state index is -0.655. The molecule has 2 aromatic rings. The van der Waals surface area contributed by atoms with E-state index in [0.29, 0.717) is 17.9 Å². The second-order valence-corrected chi connectivity index (χ2v) is 5.92. The molecule has 0 aliphatic carbocycles. The van der Waals surface area contributed by atoms with Gasteiger partial charge in [-0.25, -0.2) is 9.37 Å². The Balaban J connectivity index is 1.86. The molecule has 3 rings (SSSR count). The summed E-state index contributed by atoms with van der Waals surface area (Å²) in [5.41, 5.74) is -0.214. The monoisotopic (exact) mass is 346 g/mol. The van der Waals surface area contributed by atoms with Gasteiger partial charge in [-0.1, -0.05) is 12.1 Å². The van der Waals surface area contributed by atoms with E-state index in [2.05, 4.69) is 15.6 Å². The first-order valence-corrected chi connectivity index (χ1v) is 8.05. The van der Waals surface area contributed by atoms with Gasteiger partial charge in [-0.3, -0.25) is 14.2 Å². The number of hydrogen-bond donors (Lipinski definition) is 3. The van der Waals surface area contributed by atoms with Crippen molar-refractivity contribution in [3.8, 4) is 5.75 Å². The summed E-state index contributed by atoms with van der Waals surface area (Å²) in [5, 5.41) is 15.7. The van der Waals surface area contributed by atoms with Crippen LogP contribution in [0.2, 0.25) is 0 Å². The first-order valence-electron chi connectivity index (χ1n) is 8.05. The molecule has 1 aromatic carbocycles. The number of aromatic hydroxyl groups is 1. The summed E-state index contributed by atoms with van der Waals surface area (Å²) in [7, 11) is 1.76. The highest BCUT2D eigenvalue weighted by Gasteiger charge is 2.27. The summed E-state index contributed by atoms with van der Waals surface area (Å²) in [6.07, 6.45) is 1.58. The maximum atomic E-state index is 12.9. The zero-order valence-corrected chi connectivity index (χ0v) is 13.8. The summed E-state index contributed by atoms with van der Waals surface area (Å²) in [5.74, 6) is -1.22. The SMILES string of the molecule is CN[C@@H]1CCCn2c1nc(C(=O)NCc1ccc(F)cc1)c(O)c2=O. The number of halogens is 1. The van der Waals surface area contributed by atoms with Crippen molar-refractivity contribution in [1.29, 1.82) is 0 Å². The Kier molecular flexibility index (Phi) is 4.80. The van der Waals surface area contributed by atoms with Crippen molar-refractivity contribution >= 4 is 5.91 Å². The van der Waals surface area contributed by atoms with E-state index < -0.39 is 17.2 Å². The number of amides is 1. The third-order valence-electron chi connectivity index (χ3n) is 4.29. The number of carbonyl (C=O) groups excluding carboxylic acids is 1. The Morgan fingerprint density at radius 3 is 2.80 bits per heavy atom. The molecule has 0 unspecified atom stereocenters. The molecule has 1 aliphatic rings. The highest BCUT2D eigenvalue weighted by Crippen LogP contribution is 2.23. The van der Waals surface area contributed by atoms with E-state index in [1.54, 1.807) is 19.2 Å². The Bertz CT molecular complexity index is 848. The Morgan fingerprint density at radius 2 is 2.12 bits per heavy atom. The van der Waals surface area contributed by atoms with Crippen molar-refractivity contribution in [2.24, 2.45) is 0 Å². The number of benzene rings is 1. The van der Waals surface area contributed by atoms with Crippen molar-refractivity contribution < 1.29 is 14.3 Å². The van der Waals surface area contributed by atoms with Gasteiger partial charge in [-0.2, -0.15) is 0 Å². The van der Waals surface area contributed by atoms with Gasteiger partial charge in [-0.15, -0.1) is 0 Å². The third-order valence-corrected chi connectivity index (χ3v) is 4.29. The summed E-state index contributed by atoms with van der Waals surface area (Å²) >= 11 is 0. The molecule has 3 N–H and O–H groups in total. The highest BCUT2D eigenvalue weighted by atomic mass is 19.1. The topological polar surface area (TPSA) is 96.2 Å². The molecule has 0 radical (unpaired) electrons. The van der Waals surface area contributed by atoms with E-state index in [4.69, 9.17) is 0 Å². The normalized spacial score (nSPS) is 16.3. The molecule has 0 saturated carbocycles. The molecule has 0 spiro atoms. The summed E-state index contributed by atoms with van der Waals surface area (Å²) < 4.78 is 14.3. The first-order chi connectivity index (χ1) is 12.0. The fourth-order valence-electron chi connectivity index (χ4n) is 2.93. The van der Waals surface area contributed by atoms with Crippen LogP contribution in [0.5, 0.6) is 5.75 Å². The van der Waals surface area contributed by atoms with Gasteiger partial charge in [0.25, 0.3) is 11.5 Å². The van der Waals surface area contributed by atoms with Gasteiger partial charge in [0.15, 0.2) is 5.69 Å². The van der Waals surface area contributed by atoms with Gasteiger partial charge in [-0.05, 0) is 37.6 Å². The lowest BCUT2D eigenvalue weighted by atomic mass is 10.1. The molecule has 7 nitrogen and oxygen atoms in total. The minimum Gasteiger partial charge on any atom is -0.501 e. The fraction of sp³-hybridized carbons (Fsp3) is 0.353. The quantitative estimate of drug-likeness (QED) is 0.770. The second kappa shape index (κ2) is 7.02. The molecular weight excluding hydrogens is 327 g/mol. The molecule has 1 amide bonds. The van der Waals surface area contributed by atoms with Gasteiger partial charge < -0.3 is 15.7 Å². The minimum absolute atomic E-state index is 0.133. The van der Waals surface area contributed by atoms with Crippen LogP contribution in [0, 0.1) is 5.82 Å². The number of fused-ring (bicyclic) bond motifs is 1. The number of nitrogens with zero attached hydrogens (tertiary/aromatic N) is 2. The first kappa shape index (κ1) is 17.1. The van der Waals surface area contributed by atoms with E-state index in [9.17, 15) is 19.1 Å². The second-order valence-electron chi connectivity index (χ2n) is 5.92. The zero-order valence-electron chi connectivity index (χ0n) is 13.8. The largest absolute Gasteiger partial charge is 0.501 e. The lowest BCUT2D eigenvalue weighted by Crippen LogP contribution is -2.37. The summed E-state index contributed by atoms with van der Waals surface area (Å²) in [4.78, 5) is 28.9. The van der Waals surface area contributed by atoms with E-state index in [-0.39, 0.29) is 24.1 Å². The van der Waals surface area contributed by atoms with E-state index in [0.717, 1.165) is 12.8 Å². The standard InChI is InChI=1S/C17H19FN4O3/c1-19-12-3-2-8-22-15(12)21-13(14(23)17(22)25)16(24)20-9-10-4-6-11(18)7-5-10/h4-7,12,19,23H,2-3,8-9H2,1H3,(H,20,24)/t12-/m1/s1. The molecule has 1 atom stereocenters. The fourth-order valence-corrected chi connectivity index (χ4v) is 2.93. The average molecular weight is 346 g/mol. The molecule has 0 saturated heterocycles. The lowest BCUT2D eigenvalue weighted by molar-refractivity contribution is 0.0941. The van der Waals surface area contributed by atoms with Crippen molar-refractivity contribution in [3.63, 3.8) is 0 Å². The number of rotatable bonds is 4. The van der Waals surface area contributed by atoms with Crippen LogP contribution >= 0.6 is 0 Å². The average Bonchev–Trinajstić information content (AvgIpc) is 2.63. The van der Waals surface area contributed by atoms with Gasteiger partial charge >= 0.3 is 0 Å². The van der Waals surface area contributed by atoms with E-state index >= 15 is 0 Å². The van der Waals surface area contributed by atoms with Crippen LogP contribution in [0.15, 0.2) is 29.1 Å². The van der Waals surface area contributed by atoms with E-state index in [1.807, 2.05) is 0 Å². The van der Waals surface area contributed by atoms with E-state index in [1.165, 1.54) is 16.7 Å². The molecule has 1 aliphatic heterocycles. The maximum Gasteiger partial charge on any atom is 0.296 e. The van der Waals surface area contributed by atoms with Crippen LogP contribution in [-0.2, 0) is 13.1 Å². The zero-order chi connectivity index (χ0) is 18.0. The Hall–Kier alpha value is -2.74. The molecule has 8 heteroatoms. The van der Waals surface area contributed by atoms with Gasteiger partial charge in [0, 0.05) is 13.1 Å². The van der Waals surface area contributed by atoms with Crippen LogP contribution in [0.3, 0.4) is 0 Å². The van der Waals surface area contributed by atoms with Crippen molar-refractivity contribution in [2.45, 2.75) is 32.0 Å². The van der Waals surface area contributed by atoms with Crippen molar-refractivity contribution in [2.75, 3.05) is 7.05 Å². The summed E-state index contributed by atoms with van der Waals surface area (Å²) in [6, 6.07) is 5.52. The third kappa shape index (κ3) is 3.39. The Morgan fingerprint density at radius 1 is 1.40 bits per heavy atom. The van der Waals surface area contributed by atoms with Crippen LogP contribution in [-0.4, -0.2) is 27.6 Å². The van der Waals surface area contributed by atoms with Gasteiger partial charge in [0.1, 0.15) is 11.6 Å². The van der Waals surface area contributed by atoms with Crippen LogP contribution in [0.25, 0.3) is 0 Å². The number of carbonyl (C=O) groups is 1. The predicted molar refractivity (Wildman–Crippen MR) is 88.8 cm³/mol. The predicted octanol–water partition coefficient (Wildman–Crippen LogP) is 1.07. The van der Waals surface area contributed by atoms with Crippen LogP contribution < -0.4 is 16.2 Å². The number of nitrogens with one attached hydrogen (secondary N) is 2. The molecule has 0 fully saturated rings. The number of aromatic nitrogens is 2. The Labute approximate surface area is 143 Å². The molecule has 0 bridgehead atoms. The van der Waals surface area contributed by atoms with Crippen LogP contribution in [0.4, 0.5) is 4.39 Å². The lowest BCUT2D eigenvalue weighted by Gasteiger charge is -2.26. The molecule has 132 valence electrons. The molecule has 25 heavy (non-hydrogen) atoms. The molecule has 1 aromatic heterocycles. The smallest absolute Gasteiger partial charge is 0.296 e. The maximum absolute atomic E-state index is 12.9. The summed E-state index contributed by atoms with van der Waals surface area (Å²) in [6.45, 7) is 0.596. The van der Waals surface area contributed by atoms with Crippen molar-refractivity contribution in [1.82, 2.24) is 20.2 Å². The highest BCUT2D eigenvalue weighted by molar-refractivity contribution is 5.94. The molecular formula is C17H19FN4O3. The van der Waals surface area contributed by atoms with Gasteiger partial charge in [0.05, 0.1) is 6.04 Å². The van der Waals surface area contributed by atoms with Crippen molar-refractivity contribution in [3.05, 3.63) is 57.5 Å². The van der Waals surface area contributed by atoms with Gasteiger partial charge in [0.2, 0.25) is 5.75 Å². The molecule has 2 heterocycles. The number of hydrogen-bond acceptors (Lipinski definition) is 5.